The molecular weight excluding hydrogens is 325 g/mol. The first kappa shape index (κ1) is 10.3. The minimum atomic E-state index is 0.785. The molecule has 1 nitrogen and oxygen atoms in total. The van der Waals surface area contributed by atoms with Gasteiger partial charge >= 0.3 is 0 Å². The van der Waals surface area contributed by atoms with Crippen LogP contribution in [0.15, 0.2) is 22.4 Å². The average Bonchev–Trinajstić information content (AvgIpc) is 2.66. The minimum absolute atomic E-state index is 0.785. The third kappa shape index (κ3) is 1.53. The lowest BCUT2D eigenvalue weighted by molar-refractivity contribution is 1.41. The van der Waals surface area contributed by atoms with Gasteiger partial charge in [-0.1, -0.05) is 0 Å². The second-order valence-electron chi connectivity index (χ2n) is 2.71. The van der Waals surface area contributed by atoms with E-state index < -0.39 is 0 Å². The second kappa shape index (κ2) is 4.09. The number of hydrogen-bond donors (Lipinski definition) is 0. The Morgan fingerprint density at radius 2 is 2.36 bits per heavy atom. The molecule has 1 heterocycles. The summed E-state index contributed by atoms with van der Waals surface area (Å²) in [4.78, 5) is 1.10. The van der Waals surface area contributed by atoms with Crippen molar-refractivity contribution in [2.24, 2.45) is 0 Å². The van der Waals surface area contributed by atoms with E-state index >= 15 is 0 Å². The fourth-order valence-corrected chi connectivity index (χ4v) is 3.95. The van der Waals surface area contributed by atoms with Crippen LogP contribution in [0.2, 0.25) is 0 Å². The van der Waals surface area contributed by atoms with Gasteiger partial charge in [0.1, 0.15) is 6.07 Å². The van der Waals surface area contributed by atoms with E-state index in [1.807, 2.05) is 12.3 Å². The van der Waals surface area contributed by atoms with Crippen LogP contribution in [0.5, 0.6) is 0 Å². The number of thioether (sulfide) groups is 1. The zero-order valence-electron chi connectivity index (χ0n) is 7.37. The van der Waals surface area contributed by atoms with Crippen molar-refractivity contribution >= 4 is 55.8 Å². The summed E-state index contributed by atoms with van der Waals surface area (Å²) in [6.45, 7) is 0. The highest BCUT2D eigenvalue weighted by Gasteiger charge is 2.10. The number of benzene rings is 1. The summed E-state index contributed by atoms with van der Waals surface area (Å²) in [7, 11) is 0. The maximum Gasteiger partial charge on any atom is 0.100 e. The van der Waals surface area contributed by atoms with E-state index in [0.29, 0.717) is 0 Å². The van der Waals surface area contributed by atoms with E-state index in [0.717, 1.165) is 10.5 Å². The summed E-state index contributed by atoms with van der Waals surface area (Å²) < 4.78 is 2.45. The lowest BCUT2D eigenvalue weighted by Gasteiger charge is -2.03. The van der Waals surface area contributed by atoms with Gasteiger partial charge in [0.15, 0.2) is 0 Å². The molecule has 0 aliphatic heterocycles. The van der Waals surface area contributed by atoms with E-state index in [1.165, 1.54) is 13.7 Å². The number of hydrogen-bond acceptors (Lipinski definition) is 3. The Bertz CT molecular complexity index is 525. The van der Waals surface area contributed by atoms with Crippen molar-refractivity contribution in [3.63, 3.8) is 0 Å². The molecule has 0 atom stereocenters. The van der Waals surface area contributed by atoms with Crippen molar-refractivity contribution in [2.45, 2.75) is 4.90 Å². The van der Waals surface area contributed by atoms with Gasteiger partial charge in [0.05, 0.1) is 5.56 Å². The summed E-state index contributed by atoms with van der Waals surface area (Å²) in [5, 5.41) is 12.3. The number of fused-ring (bicyclic) bond motifs is 1. The molecule has 70 valence electrons. The lowest BCUT2D eigenvalue weighted by atomic mass is 10.2. The highest BCUT2D eigenvalue weighted by atomic mass is 127. The van der Waals surface area contributed by atoms with Crippen LogP contribution >= 0.6 is 45.7 Å². The van der Waals surface area contributed by atoms with Crippen molar-refractivity contribution in [1.82, 2.24) is 0 Å². The van der Waals surface area contributed by atoms with E-state index in [9.17, 15) is 0 Å². The van der Waals surface area contributed by atoms with Crippen LogP contribution in [0.3, 0.4) is 0 Å². The number of nitrogens with zero attached hydrogens (tertiary/aromatic N) is 1. The Morgan fingerprint density at radius 3 is 3.00 bits per heavy atom. The molecule has 0 spiro atoms. The fraction of sp³-hybridized carbons (Fsp3) is 0.100. The second-order valence-corrected chi connectivity index (χ2v) is 5.61. The first-order valence-electron chi connectivity index (χ1n) is 3.91. The molecule has 2 aromatic rings. The number of halogens is 1. The molecule has 0 amide bonds. The Labute approximate surface area is 104 Å². The fourth-order valence-electron chi connectivity index (χ4n) is 1.38. The molecule has 0 aliphatic rings. The maximum absolute atomic E-state index is 9.01. The van der Waals surface area contributed by atoms with E-state index in [1.54, 1.807) is 23.1 Å². The molecule has 0 bridgehead atoms. The Balaban J connectivity index is 2.90. The molecule has 0 radical (unpaired) electrons. The molecule has 0 saturated carbocycles. The molecular formula is C10H6INS2. The predicted molar refractivity (Wildman–Crippen MR) is 71.0 cm³/mol. The molecule has 0 N–H and O–H groups in total. The summed E-state index contributed by atoms with van der Waals surface area (Å²) in [6.07, 6.45) is 2.01. The molecule has 4 heteroatoms. The highest BCUT2D eigenvalue weighted by Crippen LogP contribution is 2.35. The van der Waals surface area contributed by atoms with Crippen LogP contribution < -0.4 is 0 Å². The van der Waals surface area contributed by atoms with E-state index in [4.69, 9.17) is 5.26 Å². The summed E-state index contributed by atoms with van der Waals surface area (Å²) in [6, 6.07) is 6.30. The zero-order valence-corrected chi connectivity index (χ0v) is 11.2. The average molecular weight is 331 g/mol. The van der Waals surface area contributed by atoms with E-state index in [-0.39, 0.29) is 0 Å². The number of rotatable bonds is 1. The van der Waals surface area contributed by atoms with Gasteiger partial charge in [-0.2, -0.15) is 5.26 Å². The topological polar surface area (TPSA) is 23.8 Å². The Morgan fingerprint density at radius 1 is 1.57 bits per heavy atom. The molecule has 0 saturated heterocycles. The molecule has 1 aromatic carbocycles. The van der Waals surface area contributed by atoms with Crippen molar-refractivity contribution in [1.29, 1.82) is 5.26 Å². The van der Waals surface area contributed by atoms with Gasteiger partial charge in [-0.15, -0.1) is 23.1 Å². The van der Waals surface area contributed by atoms with Crippen LogP contribution in [0.1, 0.15) is 5.56 Å². The van der Waals surface area contributed by atoms with Gasteiger partial charge in [-0.25, -0.2) is 0 Å². The first-order valence-corrected chi connectivity index (χ1v) is 7.10. The van der Waals surface area contributed by atoms with Gasteiger partial charge in [0.2, 0.25) is 0 Å². The molecule has 0 aliphatic carbocycles. The summed E-state index contributed by atoms with van der Waals surface area (Å²) >= 11 is 5.66. The zero-order chi connectivity index (χ0) is 10.1. The summed E-state index contributed by atoms with van der Waals surface area (Å²) in [5.74, 6) is 0. The standard InChI is InChI=1S/C10H6INS2/c1-13-9-6(5-12)4-8(11)10-7(9)2-3-14-10/h2-4H,1H3. The van der Waals surface area contributed by atoms with Crippen molar-refractivity contribution < 1.29 is 0 Å². The normalized spacial score (nSPS) is 10.4. The number of thiophene rings is 1. The van der Waals surface area contributed by atoms with Gasteiger partial charge in [0.25, 0.3) is 0 Å². The van der Waals surface area contributed by atoms with Gasteiger partial charge in [-0.3, -0.25) is 0 Å². The van der Waals surface area contributed by atoms with Crippen molar-refractivity contribution in [3.05, 3.63) is 26.6 Å². The van der Waals surface area contributed by atoms with Crippen LogP contribution in [0.4, 0.5) is 0 Å². The van der Waals surface area contributed by atoms with Gasteiger partial charge < -0.3 is 0 Å². The van der Waals surface area contributed by atoms with Crippen LogP contribution in [0, 0.1) is 14.9 Å². The Kier molecular flexibility index (Phi) is 3.00. The smallest absolute Gasteiger partial charge is 0.100 e. The number of nitriles is 1. The molecule has 0 fully saturated rings. The predicted octanol–water partition coefficient (Wildman–Crippen LogP) is 4.10. The highest BCUT2D eigenvalue weighted by molar-refractivity contribution is 14.1. The molecule has 0 unspecified atom stereocenters. The Hall–Kier alpha value is -0.250. The van der Waals surface area contributed by atoms with E-state index in [2.05, 4.69) is 40.1 Å². The van der Waals surface area contributed by atoms with Crippen LogP contribution in [-0.4, -0.2) is 6.26 Å². The third-order valence-corrected chi connectivity index (χ3v) is 4.98. The largest absolute Gasteiger partial charge is 0.192 e. The third-order valence-electron chi connectivity index (χ3n) is 1.97. The molecule has 14 heavy (non-hydrogen) atoms. The van der Waals surface area contributed by atoms with Crippen molar-refractivity contribution in [3.8, 4) is 6.07 Å². The van der Waals surface area contributed by atoms with Gasteiger partial charge in [0, 0.05) is 18.6 Å². The van der Waals surface area contributed by atoms with Crippen LogP contribution in [-0.2, 0) is 0 Å². The minimum Gasteiger partial charge on any atom is -0.192 e. The quantitative estimate of drug-likeness (QED) is 0.580. The lowest BCUT2D eigenvalue weighted by Crippen LogP contribution is -1.83. The molecule has 1 aromatic heterocycles. The SMILES string of the molecule is CSc1c(C#N)cc(I)c2sccc12. The maximum atomic E-state index is 9.01. The molecule has 2 rings (SSSR count). The summed E-state index contributed by atoms with van der Waals surface area (Å²) in [5.41, 5.74) is 0.785. The first-order chi connectivity index (χ1) is 6.77. The monoisotopic (exact) mass is 331 g/mol. The van der Waals surface area contributed by atoms with Crippen molar-refractivity contribution in [2.75, 3.05) is 6.26 Å². The van der Waals surface area contributed by atoms with Crippen LogP contribution in [0.25, 0.3) is 10.1 Å². The van der Waals surface area contributed by atoms with Gasteiger partial charge in [-0.05, 0) is 46.4 Å².